The summed E-state index contributed by atoms with van der Waals surface area (Å²) in [4.78, 5) is 23.3. The van der Waals surface area contributed by atoms with Gasteiger partial charge in [-0.05, 0) is 25.3 Å². The van der Waals surface area contributed by atoms with Gasteiger partial charge < -0.3 is 15.2 Å². The van der Waals surface area contributed by atoms with Crippen molar-refractivity contribution in [1.82, 2.24) is 5.32 Å². The average Bonchev–Trinajstić information content (AvgIpc) is 2.41. The van der Waals surface area contributed by atoms with Crippen molar-refractivity contribution in [2.24, 2.45) is 5.92 Å². The number of carboxylic acid groups (broad SMARTS) is 1. The van der Waals surface area contributed by atoms with Crippen molar-refractivity contribution in [3.05, 3.63) is 28.8 Å². The van der Waals surface area contributed by atoms with Crippen molar-refractivity contribution in [2.75, 3.05) is 6.61 Å². The lowest BCUT2D eigenvalue weighted by Gasteiger charge is -2.17. The Balaban J connectivity index is 2.80. The molecule has 1 atom stereocenters. The number of hydrogen-bond acceptors (Lipinski definition) is 3. The van der Waals surface area contributed by atoms with Gasteiger partial charge >= 0.3 is 5.97 Å². The molecule has 0 saturated carbocycles. The summed E-state index contributed by atoms with van der Waals surface area (Å²) in [5.41, 5.74) is 0.639. The molecule has 0 saturated heterocycles. The second kappa shape index (κ2) is 8.63. The van der Waals surface area contributed by atoms with Gasteiger partial charge in [-0.2, -0.15) is 0 Å². The van der Waals surface area contributed by atoms with Gasteiger partial charge in [-0.1, -0.05) is 37.6 Å². The van der Waals surface area contributed by atoms with Crippen LogP contribution in [0.2, 0.25) is 5.02 Å². The van der Waals surface area contributed by atoms with E-state index in [0.29, 0.717) is 29.4 Å². The highest BCUT2D eigenvalue weighted by Gasteiger charge is 2.22. The number of ether oxygens (including phenoxy) is 1. The molecule has 22 heavy (non-hydrogen) atoms. The average molecular weight is 328 g/mol. The summed E-state index contributed by atoms with van der Waals surface area (Å²) in [5.74, 6) is -0.751. The minimum absolute atomic E-state index is 0.0256. The molecular weight excluding hydrogens is 306 g/mol. The van der Waals surface area contributed by atoms with Crippen LogP contribution in [0.5, 0.6) is 5.75 Å². The molecule has 0 fully saturated rings. The Hall–Kier alpha value is -1.75. The lowest BCUT2D eigenvalue weighted by atomic mass is 10.0. The van der Waals surface area contributed by atoms with Crippen molar-refractivity contribution < 1.29 is 19.4 Å². The molecule has 0 aliphatic carbocycles. The molecule has 0 spiro atoms. The van der Waals surface area contributed by atoms with E-state index >= 15 is 0 Å². The van der Waals surface area contributed by atoms with Crippen molar-refractivity contribution >= 4 is 23.5 Å². The quantitative estimate of drug-likeness (QED) is 0.769. The van der Waals surface area contributed by atoms with Crippen LogP contribution in [0.4, 0.5) is 0 Å². The zero-order valence-corrected chi connectivity index (χ0v) is 13.8. The molecule has 6 heteroatoms. The van der Waals surface area contributed by atoms with Crippen molar-refractivity contribution in [1.29, 1.82) is 0 Å². The molecule has 1 aromatic rings. The molecule has 1 amide bonds. The highest BCUT2D eigenvalue weighted by Crippen LogP contribution is 2.29. The summed E-state index contributed by atoms with van der Waals surface area (Å²) in [7, 11) is 0. The van der Waals surface area contributed by atoms with Crippen LogP contribution < -0.4 is 10.1 Å². The molecule has 1 aromatic carbocycles. The minimum Gasteiger partial charge on any atom is -0.492 e. The molecule has 0 radical (unpaired) electrons. The molecule has 0 heterocycles. The number of halogens is 1. The molecule has 0 bridgehead atoms. The van der Waals surface area contributed by atoms with Gasteiger partial charge in [0.1, 0.15) is 11.8 Å². The second-order valence-corrected chi connectivity index (χ2v) is 5.83. The van der Waals surface area contributed by atoms with E-state index in [0.717, 1.165) is 0 Å². The van der Waals surface area contributed by atoms with E-state index in [1.807, 2.05) is 20.8 Å². The molecule has 0 aromatic heterocycles. The number of carboxylic acids is 1. The van der Waals surface area contributed by atoms with Gasteiger partial charge in [0.2, 0.25) is 5.91 Å². The first-order chi connectivity index (χ1) is 10.3. The topological polar surface area (TPSA) is 75.6 Å². The Morgan fingerprint density at radius 2 is 2.05 bits per heavy atom. The maximum atomic E-state index is 12.1. The normalized spacial score (nSPS) is 12.0. The van der Waals surface area contributed by atoms with E-state index in [2.05, 4.69) is 5.32 Å². The number of hydrogen-bond donors (Lipinski definition) is 2. The van der Waals surface area contributed by atoms with Crippen molar-refractivity contribution in [3.63, 3.8) is 0 Å². The molecule has 0 unspecified atom stereocenters. The van der Waals surface area contributed by atoms with Crippen LogP contribution in [0.25, 0.3) is 0 Å². The first kappa shape index (κ1) is 18.3. The number of aliphatic carboxylic acids is 1. The number of rotatable bonds is 8. The third-order valence-corrected chi connectivity index (χ3v) is 3.33. The monoisotopic (exact) mass is 327 g/mol. The summed E-state index contributed by atoms with van der Waals surface area (Å²) in [5, 5.41) is 12.1. The summed E-state index contributed by atoms with van der Waals surface area (Å²) < 4.78 is 5.46. The maximum absolute atomic E-state index is 12.1. The molecule has 0 aliphatic rings. The van der Waals surface area contributed by atoms with E-state index in [1.54, 1.807) is 18.2 Å². The molecule has 2 N–H and O–H groups in total. The van der Waals surface area contributed by atoms with Crippen LogP contribution in [-0.4, -0.2) is 29.6 Å². The Labute approximate surface area is 135 Å². The SMILES string of the molecule is CCOc1c(Cl)cccc1CC(=O)N[C@H](CC(C)C)C(=O)O. The first-order valence-corrected chi connectivity index (χ1v) is 7.65. The Bertz CT molecular complexity index is 531. The van der Waals surface area contributed by atoms with Gasteiger partial charge in [-0.3, -0.25) is 4.79 Å². The molecule has 1 rings (SSSR count). The predicted molar refractivity (Wildman–Crippen MR) is 85.3 cm³/mol. The number of nitrogens with one attached hydrogen (secondary N) is 1. The standard InChI is InChI=1S/C16H22ClNO4/c1-4-22-15-11(6-5-7-12(15)17)9-14(19)18-13(16(20)21)8-10(2)3/h5-7,10,13H,4,8-9H2,1-3H3,(H,18,19)(H,20,21)/t13-/m1/s1. The second-order valence-electron chi connectivity index (χ2n) is 5.43. The number of benzene rings is 1. The fourth-order valence-electron chi connectivity index (χ4n) is 2.11. The smallest absolute Gasteiger partial charge is 0.326 e. The van der Waals surface area contributed by atoms with Crippen LogP contribution in [0, 0.1) is 5.92 Å². The third-order valence-electron chi connectivity index (χ3n) is 3.03. The van der Waals surface area contributed by atoms with Crippen LogP contribution >= 0.6 is 11.6 Å². The lowest BCUT2D eigenvalue weighted by molar-refractivity contribution is -0.142. The minimum atomic E-state index is -1.03. The van der Waals surface area contributed by atoms with Crippen molar-refractivity contribution in [2.45, 2.75) is 39.7 Å². The number of carbonyl (C=O) groups is 2. The summed E-state index contributed by atoms with van der Waals surface area (Å²) in [6.07, 6.45) is 0.409. The van der Waals surface area contributed by atoms with Gasteiger partial charge in [0.05, 0.1) is 18.1 Å². The summed E-state index contributed by atoms with van der Waals surface area (Å²) >= 11 is 6.07. The van der Waals surface area contributed by atoms with Gasteiger partial charge in [0.15, 0.2) is 0 Å². The molecule has 122 valence electrons. The van der Waals surface area contributed by atoms with E-state index in [1.165, 1.54) is 0 Å². The highest BCUT2D eigenvalue weighted by molar-refractivity contribution is 6.32. The fraction of sp³-hybridized carbons (Fsp3) is 0.500. The van der Waals surface area contributed by atoms with Crippen molar-refractivity contribution in [3.8, 4) is 5.75 Å². The third kappa shape index (κ3) is 5.56. The Morgan fingerprint density at radius 3 is 2.59 bits per heavy atom. The van der Waals surface area contributed by atoms with Crippen LogP contribution in [0.15, 0.2) is 18.2 Å². The van der Waals surface area contributed by atoms with Crippen LogP contribution in [-0.2, 0) is 16.0 Å². The highest BCUT2D eigenvalue weighted by atomic mass is 35.5. The number of carbonyl (C=O) groups excluding carboxylic acids is 1. The van der Waals surface area contributed by atoms with Gasteiger partial charge in [0, 0.05) is 5.56 Å². The van der Waals surface area contributed by atoms with Crippen LogP contribution in [0.3, 0.4) is 0 Å². The summed E-state index contributed by atoms with van der Waals surface area (Å²) in [6.45, 7) is 6.08. The summed E-state index contributed by atoms with van der Waals surface area (Å²) in [6, 6.07) is 4.28. The molecule has 0 aliphatic heterocycles. The largest absolute Gasteiger partial charge is 0.492 e. The van der Waals surface area contributed by atoms with E-state index in [-0.39, 0.29) is 18.2 Å². The molecular formula is C16H22ClNO4. The maximum Gasteiger partial charge on any atom is 0.326 e. The predicted octanol–water partition coefficient (Wildman–Crippen LogP) is 2.90. The van der Waals surface area contributed by atoms with Gasteiger partial charge in [-0.25, -0.2) is 4.79 Å². The van der Waals surface area contributed by atoms with Gasteiger partial charge in [0.25, 0.3) is 0 Å². The van der Waals surface area contributed by atoms with E-state index in [4.69, 9.17) is 21.4 Å². The fourth-order valence-corrected chi connectivity index (χ4v) is 2.36. The Morgan fingerprint density at radius 1 is 1.36 bits per heavy atom. The lowest BCUT2D eigenvalue weighted by Crippen LogP contribution is -2.42. The number of para-hydroxylation sites is 1. The number of amides is 1. The van der Waals surface area contributed by atoms with E-state index in [9.17, 15) is 9.59 Å². The molecule has 5 nitrogen and oxygen atoms in total. The van der Waals surface area contributed by atoms with Gasteiger partial charge in [-0.15, -0.1) is 0 Å². The zero-order chi connectivity index (χ0) is 16.7. The Kier molecular flexibility index (Phi) is 7.18. The first-order valence-electron chi connectivity index (χ1n) is 7.27. The van der Waals surface area contributed by atoms with Crippen LogP contribution in [0.1, 0.15) is 32.8 Å². The zero-order valence-electron chi connectivity index (χ0n) is 13.1. The van der Waals surface area contributed by atoms with E-state index < -0.39 is 12.0 Å².